The molecule has 0 aliphatic carbocycles. The molecule has 0 N–H and O–H groups in total. The summed E-state index contributed by atoms with van der Waals surface area (Å²) in [6.07, 6.45) is 0.546. The van der Waals surface area contributed by atoms with Gasteiger partial charge in [-0.2, -0.15) is 0 Å². The van der Waals surface area contributed by atoms with E-state index in [-0.39, 0.29) is 17.1 Å². The Bertz CT molecular complexity index is 1510. The Balaban J connectivity index is 1.59. The SMILES string of the molecule is COc1ccc(CCN2C(=O)c3oc4ccc(C)cc4c(=O)c3C2c2cccc(Cl)c2)cc1OC. The second kappa shape index (κ2) is 9.12. The van der Waals surface area contributed by atoms with Crippen molar-refractivity contribution in [2.24, 2.45) is 0 Å². The van der Waals surface area contributed by atoms with Crippen molar-refractivity contribution in [1.29, 1.82) is 0 Å². The highest BCUT2D eigenvalue weighted by Gasteiger charge is 2.42. The molecule has 0 spiro atoms. The second-order valence-electron chi connectivity index (χ2n) is 8.57. The molecule has 35 heavy (non-hydrogen) atoms. The smallest absolute Gasteiger partial charge is 0.290 e. The minimum absolute atomic E-state index is 0.0867. The molecule has 1 aromatic heterocycles. The molecule has 178 valence electrons. The molecule has 1 aliphatic rings. The third kappa shape index (κ3) is 4.04. The zero-order valence-electron chi connectivity index (χ0n) is 19.6. The van der Waals surface area contributed by atoms with Crippen LogP contribution in [0.2, 0.25) is 5.02 Å². The van der Waals surface area contributed by atoms with E-state index >= 15 is 0 Å². The minimum Gasteiger partial charge on any atom is -0.493 e. The lowest BCUT2D eigenvalue weighted by atomic mass is 9.98. The van der Waals surface area contributed by atoms with Crippen LogP contribution in [0.3, 0.4) is 0 Å². The molecule has 0 saturated carbocycles. The van der Waals surface area contributed by atoms with Gasteiger partial charge < -0.3 is 18.8 Å². The van der Waals surface area contributed by atoms with Gasteiger partial charge in [0.2, 0.25) is 5.76 Å². The van der Waals surface area contributed by atoms with E-state index in [1.807, 2.05) is 43.3 Å². The molecule has 0 saturated heterocycles. The zero-order valence-corrected chi connectivity index (χ0v) is 20.4. The molecular weight excluding hydrogens is 466 g/mol. The number of methoxy groups -OCH3 is 2. The molecule has 7 heteroatoms. The number of rotatable bonds is 6. The van der Waals surface area contributed by atoms with E-state index in [0.717, 1.165) is 16.7 Å². The van der Waals surface area contributed by atoms with Crippen LogP contribution in [-0.2, 0) is 6.42 Å². The highest BCUT2D eigenvalue weighted by atomic mass is 35.5. The molecule has 1 unspecified atom stereocenters. The van der Waals surface area contributed by atoms with E-state index in [4.69, 9.17) is 25.5 Å². The Morgan fingerprint density at radius 2 is 1.77 bits per heavy atom. The van der Waals surface area contributed by atoms with Gasteiger partial charge in [-0.05, 0) is 60.9 Å². The molecule has 1 atom stereocenters. The summed E-state index contributed by atoms with van der Waals surface area (Å²) in [5.74, 6) is 1.02. The lowest BCUT2D eigenvalue weighted by molar-refractivity contribution is 0.0730. The molecule has 0 fully saturated rings. The first kappa shape index (κ1) is 23.0. The molecule has 4 aromatic rings. The van der Waals surface area contributed by atoms with Gasteiger partial charge in [0, 0.05) is 11.6 Å². The molecule has 1 aliphatic heterocycles. The number of benzene rings is 3. The van der Waals surface area contributed by atoms with Crippen LogP contribution in [0, 0.1) is 6.92 Å². The van der Waals surface area contributed by atoms with Gasteiger partial charge in [-0.3, -0.25) is 9.59 Å². The Kier molecular flexibility index (Phi) is 5.99. The first-order chi connectivity index (χ1) is 16.9. The van der Waals surface area contributed by atoms with Crippen LogP contribution in [-0.4, -0.2) is 31.6 Å². The van der Waals surface area contributed by atoms with Gasteiger partial charge in [0.05, 0.1) is 31.2 Å². The molecule has 3 aromatic carbocycles. The van der Waals surface area contributed by atoms with Gasteiger partial charge in [0.25, 0.3) is 5.91 Å². The number of carbonyl (C=O) groups is 1. The van der Waals surface area contributed by atoms with Gasteiger partial charge >= 0.3 is 0 Å². The van der Waals surface area contributed by atoms with Crippen LogP contribution in [0.5, 0.6) is 11.5 Å². The molecule has 5 rings (SSSR count). The average molecular weight is 490 g/mol. The number of halogens is 1. The lowest BCUT2D eigenvalue weighted by Gasteiger charge is -2.25. The van der Waals surface area contributed by atoms with Crippen molar-refractivity contribution in [1.82, 2.24) is 4.90 Å². The summed E-state index contributed by atoms with van der Waals surface area (Å²) >= 11 is 6.29. The highest BCUT2D eigenvalue weighted by Crippen LogP contribution is 2.39. The van der Waals surface area contributed by atoms with E-state index in [0.29, 0.717) is 46.0 Å². The summed E-state index contributed by atoms with van der Waals surface area (Å²) in [4.78, 5) is 28.9. The largest absolute Gasteiger partial charge is 0.493 e. The maximum atomic E-state index is 13.7. The third-order valence-corrected chi connectivity index (χ3v) is 6.61. The topological polar surface area (TPSA) is 69.0 Å². The van der Waals surface area contributed by atoms with Crippen molar-refractivity contribution >= 4 is 28.5 Å². The fraction of sp³-hybridized carbons (Fsp3) is 0.214. The standard InChI is InChI=1S/C28H24ClNO5/c1-16-7-9-21-20(13-16)26(31)24-25(18-5-4-6-19(29)15-18)30(28(32)27(24)35-21)12-11-17-8-10-22(33-2)23(14-17)34-3/h4-10,13-15,25H,11-12H2,1-3H3. The van der Waals surface area contributed by atoms with Gasteiger partial charge in [0.15, 0.2) is 16.9 Å². The predicted octanol–water partition coefficient (Wildman–Crippen LogP) is 5.56. The van der Waals surface area contributed by atoms with Crippen molar-refractivity contribution in [2.75, 3.05) is 20.8 Å². The summed E-state index contributed by atoms with van der Waals surface area (Å²) < 4.78 is 16.8. The first-order valence-corrected chi connectivity index (χ1v) is 11.6. The second-order valence-corrected chi connectivity index (χ2v) is 9.01. The zero-order chi connectivity index (χ0) is 24.7. The fourth-order valence-electron chi connectivity index (χ4n) is 4.67. The van der Waals surface area contributed by atoms with Crippen molar-refractivity contribution < 1.29 is 18.7 Å². The fourth-order valence-corrected chi connectivity index (χ4v) is 4.87. The number of amides is 1. The molecular formula is C28H24ClNO5. The van der Waals surface area contributed by atoms with Crippen LogP contribution >= 0.6 is 11.6 Å². The summed E-state index contributed by atoms with van der Waals surface area (Å²) in [6.45, 7) is 2.28. The summed E-state index contributed by atoms with van der Waals surface area (Å²) in [5.41, 5.74) is 3.23. The predicted molar refractivity (Wildman–Crippen MR) is 135 cm³/mol. The molecule has 6 nitrogen and oxygen atoms in total. The number of nitrogens with zero attached hydrogens (tertiary/aromatic N) is 1. The number of fused-ring (bicyclic) bond motifs is 2. The highest BCUT2D eigenvalue weighted by molar-refractivity contribution is 6.30. The molecule has 2 heterocycles. The van der Waals surface area contributed by atoms with Crippen LogP contribution in [0.25, 0.3) is 11.0 Å². The number of hydrogen-bond donors (Lipinski definition) is 0. The molecule has 1 amide bonds. The number of ether oxygens (including phenoxy) is 2. The van der Waals surface area contributed by atoms with Crippen LogP contribution in [0.1, 0.15) is 38.9 Å². The molecule has 0 bridgehead atoms. The van der Waals surface area contributed by atoms with Gasteiger partial charge in [-0.15, -0.1) is 0 Å². The maximum absolute atomic E-state index is 13.7. The van der Waals surface area contributed by atoms with Gasteiger partial charge in [-0.1, -0.05) is 41.4 Å². The van der Waals surface area contributed by atoms with E-state index in [1.165, 1.54) is 0 Å². The first-order valence-electron chi connectivity index (χ1n) is 11.3. The van der Waals surface area contributed by atoms with E-state index in [2.05, 4.69) is 0 Å². The molecule has 0 radical (unpaired) electrons. The monoisotopic (exact) mass is 489 g/mol. The number of aryl methyl sites for hydroxylation is 1. The minimum atomic E-state index is -0.600. The average Bonchev–Trinajstić information content (AvgIpc) is 3.14. The van der Waals surface area contributed by atoms with Crippen LogP contribution < -0.4 is 14.9 Å². The van der Waals surface area contributed by atoms with E-state index in [9.17, 15) is 9.59 Å². The Labute approximate surface area is 207 Å². The number of hydrogen-bond acceptors (Lipinski definition) is 5. The van der Waals surface area contributed by atoms with Crippen molar-refractivity contribution in [3.05, 3.63) is 104 Å². The van der Waals surface area contributed by atoms with Crippen molar-refractivity contribution in [3.8, 4) is 11.5 Å². The Morgan fingerprint density at radius 3 is 2.51 bits per heavy atom. The Hall–Kier alpha value is -3.77. The van der Waals surface area contributed by atoms with E-state index < -0.39 is 6.04 Å². The summed E-state index contributed by atoms with van der Waals surface area (Å²) in [5, 5.41) is 0.995. The van der Waals surface area contributed by atoms with Crippen molar-refractivity contribution in [2.45, 2.75) is 19.4 Å². The Morgan fingerprint density at radius 1 is 0.971 bits per heavy atom. The van der Waals surface area contributed by atoms with Crippen LogP contribution in [0.4, 0.5) is 0 Å². The quantitative estimate of drug-likeness (QED) is 0.354. The van der Waals surface area contributed by atoms with E-state index in [1.54, 1.807) is 43.4 Å². The van der Waals surface area contributed by atoms with Crippen molar-refractivity contribution in [3.63, 3.8) is 0 Å². The van der Waals surface area contributed by atoms with Crippen LogP contribution in [0.15, 0.2) is 69.9 Å². The third-order valence-electron chi connectivity index (χ3n) is 6.37. The lowest BCUT2D eigenvalue weighted by Crippen LogP contribution is -2.31. The normalized spacial score (nSPS) is 14.9. The number of carbonyl (C=O) groups excluding carboxylic acids is 1. The van der Waals surface area contributed by atoms with Gasteiger partial charge in [-0.25, -0.2) is 0 Å². The maximum Gasteiger partial charge on any atom is 0.290 e. The summed E-state index contributed by atoms with van der Waals surface area (Å²) in [6, 6.07) is 17.7. The summed E-state index contributed by atoms with van der Waals surface area (Å²) in [7, 11) is 3.17. The van der Waals surface area contributed by atoms with Gasteiger partial charge in [0.1, 0.15) is 5.58 Å².